The lowest BCUT2D eigenvalue weighted by molar-refractivity contribution is 0.0943. The van der Waals surface area contributed by atoms with Gasteiger partial charge >= 0.3 is 6.09 Å². The van der Waals surface area contributed by atoms with E-state index in [0.29, 0.717) is 0 Å². The van der Waals surface area contributed by atoms with E-state index in [1.54, 1.807) is 0 Å². The first-order valence-electron chi connectivity index (χ1n) is 4.33. The van der Waals surface area contributed by atoms with Crippen molar-refractivity contribution in [3.63, 3.8) is 0 Å². The van der Waals surface area contributed by atoms with Crippen LogP contribution in [0.5, 0.6) is 0 Å². The van der Waals surface area contributed by atoms with Gasteiger partial charge in [0.1, 0.15) is 0 Å². The van der Waals surface area contributed by atoms with Crippen molar-refractivity contribution >= 4 is 6.09 Å². The zero-order valence-corrected chi connectivity index (χ0v) is 6.86. The SMILES string of the molecule is O=C(O)N1C(CO)CCC12CC2. The molecule has 68 valence electrons. The first kappa shape index (κ1) is 7.86. The third kappa shape index (κ3) is 0.909. The highest BCUT2D eigenvalue weighted by molar-refractivity contribution is 5.68. The molecule has 0 aromatic carbocycles. The molecule has 0 radical (unpaired) electrons. The number of carbonyl (C=O) groups is 1. The molecule has 2 aliphatic rings. The molecule has 1 saturated heterocycles. The summed E-state index contributed by atoms with van der Waals surface area (Å²) in [4.78, 5) is 12.3. The van der Waals surface area contributed by atoms with Gasteiger partial charge in [-0.2, -0.15) is 0 Å². The number of hydrogen-bond donors (Lipinski definition) is 2. The zero-order valence-electron chi connectivity index (χ0n) is 6.86. The van der Waals surface area contributed by atoms with Crippen molar-refractivity contribution in [1.29, 1.82) is 0 Å². The maximum Gasteiger partial charge on any atom is 0.408 e. The molecule has 0 aromatic heterocycles. The lowest BCUT2D eigenvalue weighted by Crippen LogP contribution is -2.43. The summed E-state index contributed by atoms with van der Waals surface area (Å²) in [5.41, 5.74) is -0.0702. The Morgan fingerprint density at radius 3 is 2.58 bits per heavy atom. The minimum absolute atomic E-state index is 0.0337. The van der Waals surface area contributed by atoms with Crippen molar-refractivity contribution in [2.75, 3.05) is 6.61 Å². The summed E-state index contributed by atoms with van der Waals surface area (Å²) in [6.45, 7) is -0.0337. The molecule has 0 bridgehead atoms. The third-order valence-corrected chi connectivity index (χ3v) is 3.06. The smallest absolute Gasteiger partial charge is 0.408 e. The molecule has 1 unspecified atom stereocenters. The summed E-state index contributed by atoms with van der Waals surface area (Å²) < 4.78 is 0. The van der Waals surface area contributed by atoms with Crippen LogP contribution < -0.4 is 0 Å². The fraction of sp³-hybridized carbons (Fsp3) is 0.875. The second-order valence-electron chi connectivity index (χ2n) is 3.75. The van der Waals surface area contributed by atoms with E-state index in [-0.39, 0.29) is 18.2 Å². The van der Waals surface area contributed by atoms with E-state index in [1.165, 1.54) is 4.90 Å². The number of aliphatic hydroxyl groups is 1. The van der Waals surface area contributed by atoms with Crippen LogP contribution in [0.3, 0.4) is 0 Å². The third-order valence-electron chi connectivity index (χ3n) is 3.06. The molecule has 2 rings (SSSR count). The normalized spacial score (nSPS) is 31.1. The Bertz CT molecular complexity index is 212. The molecule has 1 aliphatic heterocycles. The van der Waals surface area contributed by atoms with Gasteiger partial charge in [0.15, 0.2) is 0 Å². The van der Waals surface area contributed by atoms with E-state index in [2.05, 4.69) is 0 Å². The van der Waals surface area contributed by atoms with Gasteiger partial charge in [-0.15, -0.1) is 0 Å². The van der Waals surface area contributed by atoms with Crippen LogP contribution in [-0.4, -0.2) is 39.4 Å². The minimum atomic E-state index is -0.871. The molecule has 1 saturated carbocycles. The average molecular weight is 171 g/mol. The van der Waals surface area contributed by atoms with Gasteiger partial charge in [-0.1, -0.05) is 0 Å². The molecule has 1 atom stereocenters. The van der Waals surface area contributed by atoms with Gasteiger partial charge in [-0.25, -0.2) is 4.79 Å². The van der Waals surface area contributed by atoms with Crippen molar-refractivity contribution in [3.05, 3.63) is 0 Å². The van der Waals surface area contributed by atoms with Gasteiger partial charge in [0.25, 0.3) is 0 Å². The predicted molar refractivity (Wildman–Crippen MR) is 41.9 cm³/mol. The Kier molecular flexibility index (Phi) is 1.54. The van der Waals surface area contributed by atoms with Crippen LogP contribution in [0, 0.1) is 0 Å². The van der Waals surface area contributed by atoms with Crippen LogP contribution in [-0.2, 0) is 0 Å². The lowest BCUT2D eigenvalue weighted by atomic mass is 10.2. The highest BCUT2D eigenvalue weighted by Gasteiger charge is 2.56. The molecule has 12 heavy (non-hydrogen) atoms. The van der Waals surface area contributed by atoms with Gasteiger partial charge in [-0.3, -0.25) is 4.90 Å². The standard InChI is InChI=1S/C8H13NO3/c10-5-6-1-2-8(3-4-8)9(6)7(11)12/h6,10H,1-5H2,(H,11,12). The van der Waals surface area contributed by atoms with Crippen molar-refractivity contribution < 1.29 is 15.0 Å². The number of amides is 1. The molecule has 1 amide bonds. The molecule has 2 fully saturated rings. The predicted octanol–water partition coefficient (Wildman–Crippen LogP) is 0.654. The number of likely N-dealkylation sites (tertiary alicyclic amines) is 1. The van der Waals surface area contributed by atoms with Crippen LogP contribution in [0.4, 0.5) is 4.79 Å². The fourth-order valence-electron chi connectivity index (χ4n) is 2.24. The number of rotatable bonds is 1. The van der Waals surface area contributed by atoms with E-state index in [1.807, 2.05) is 0 Å². The van der Waals surface area contributed by atoms with E-state index < -0.39 is 6.09 Å². The van der Waals surface area contributed by atoms with E-state index in [4.69, 9.17) is 10.2 Å². The van der Waals surface area contributed by atoms with Crippen molar-refractivity contribution in [2.45, 2.75) is 37.3 Å². The van der Waals surface area contributed by atoms with E-state index in [9.17, 15) is 4.79 Å². The molecule has 4 heteroatoms. The molecule has 1 aliphatic carbocycles. The Morgan fingerprint density at radius 2 is 2.17 bits per heavy atom. The van der Waals surface area contributed by atoms with Gasteiger partial charge < -0.3 is 10.2 Å². The molecular formula is C8H13NO3. The molecule has 4 nitrogen and oxygen atoms in total. The summed E-state index contributed by atoms with van der Waals surface area (Å²) in [5, 5.41) is 17.8. The second kappa shape index (κ2) is 2.36. The fourth-order valence-corrected chi connectivity index (χ4v) is 2.24. The number of nitrogens with zero attached hydrogens (tertiary/aromatic N) is 1. The topological polar surface area (TPSA) is 60.8 Å². The number of hydrogen-bond acceptors (Lipinski definition) is 2. The summed E-state index contributed by atoms with van der Waals surface area (Å²) >= 11 is 0. The quantitative estimate of drug-likeness (QED) is 0.609. The molecule has 1 spiro atoms. The van der Waals surface area contributed by atoms with Gasteiger partial charge in [0.05, 0.1) is 12.6 Å². The Morgan fingerprint density at radius 1 is 1.50 bits per heavy atom. The summed E-state index contributed by atoms with van der Waals surface area (Å²) in [6.07, 6.45) is 2.85. The molecule has 1 heterocycles. The highest BCUT2D eigenvalue weighted by Crippen LogP contribution is 2.51. The van der Waals surface area contributed by atoms with Crippen LogP contribution in [0.2, 0.25) is 0 Å². The first-order chi connectivity index (χ1) is 5.69. The average Bonchev–Trinajstić information content (AvgIpc) is 2.64. The van der Waals surface area contributed by atoms with E-state index in [0.717, 1.165) is 25.7 Å². The highest BCUT2D eigenvalue weighted by atomic mass is 16.4. The zero-order chi connectivity index (χ0) is 8.77. The Labute approximate surface area is 70.8 Å². The Hall–Kier alpha value is -0.770. The van der Waals surface area contributed by atoms with Gasteiger partial charge in [-0.05, 0) is 25.7 Å². The monoisotopic (exact) mass is 171 g/mol. The molecule has 2 N–H and O–H groups in total. The van der Waals surface area contributed by atoms with Crippen LogP contribution >= 0.6 is 0 Å². The molecule has 0 aromatic rings. The maximum atomic E-state index is 10.8. The molecular weight excluding hydrogens is 158 g/mol. The lowest BCUT2D eigenvalue weighted by Gasteiger charge is -2.25. The maximum absolute atomic E-state index is 10.8. The first-order valence-corrected chi connectivity index (χ1v) is 4.33. The van der Waals surface area contributed by atoms with Crippen molar-refractivity contribution in [1.82, 2.24) is 4.90 Å². The van der Waals surface area contributed by atoms with Crippen LogP contribution in [0.25, 0.3) is 0 Å². The van der Waals surface area contributed by atoms with Crippen LogP contribution in [0.15, 0.2) is 0 Å². The summed E-state index contributed by atoms with van der Waals surface area (Å²) in [5.74, 6) is 0. The Balaban J connectivity index is 2.17. The van der Waals surface area contributed by atoms with Gasteiger partial charge in [0, 0.05) is 5.54 Å². The van der Waals surface area contributed by atoms with Crippen LogP contribution in [0.1, 0.15) is 25.7 Å². The van der Waals surface area contributed by atoms with Crippen molar-refractivity contribution in [2.24, 2.45) is 0 Å². The summed E-state index contributed by atoms with van der Waals surface area (Å²) in [7, 11) is 0. The minimum Gasteiger partial charge on any atom is -0.465 e. The van der Waals surface area contributed by atoms with Gasteiger partial charge in [0.2, 0.25) is 0 Å². The number of carboxylic acid groups (broad SMARTS) is 1. The second-order valence-corrected chi connectivity index (χ2v) is 3.75. The summed E-state index contributed by atoms with van der Waals surface area (Å²) in [6, 6.07) is -0.148. The van der Waals surface area contributed by atoms with E-state index >= 15 is 0 Å². The number of aliphatic hydroxyl groups excluding tert-OH is 1. The van der Waals surface area contributed by atoms with Crippen molar-refractivity contribution in [3.8, 4) is 0 Å². The largest absolute Gasteiger partial charge is 0.465 e.